The van der Waals surface area contributed by atoms with Crippen LogP contribution in [0.3, 0.4) is 0 Å². The highest BCUT2D eigenvalue weighted by Crippen LogP contribution is 2.27. The number of ether oxygens (including phenoxy) is 1. The van der Waals surface area contributed by atoms with E-state index < -0.39 is 0 Å². The minimum atomic E-state index is -0.262. The summed E-state index contributed by atoms with van der Waals surface area (Å²) in [5.74, 6) is 1.70. The lowest BCUT2D eigenvalue weighted by atomic mass is 10.1. The number of nitrogens with one attached hydrogen (secondary N) is 2. The van der Waals surface area contributed by atoms with E-state index in [1.165, 1.54) is 6.07 Å². The zero-order valence-electron chi connectivity index (χ0n) is 18.1. The zero-order valence-corrected chi connectivity index (χ0v) is 18.1. The van der Waals surface area contributed by atoms with Crippen molar-refractivity contribution in [1.82, 2.24) is 24.8 Å². The van der Waals surface area contributed by atoms with E-state index in [1.54, 1.807) is 13.3 Å². The van der Waals surface area contributed by atoms with Crippen LogP contribution < -0.4 is 20.5 Å². The Labute approximate surface area is 181 Å². The van der Waals surface area contributed by atoms with Crippen LogP contribution in [0.2, 0.25) is 0 Å². The van der Waals surface area contributed by atoms with Crippen molar-refractivity contribution in [3.63, 3.8) is 0 Å². The number of anilines is 3. The second-order valence-corrected chi connectivity index (χ2v) is 7.39. The van der Waals surface area contributed by atoms with Crippen LogP contribution >= 0.6 is 0 Å². The molecule has 0 bridgehead atoms. The van der Waals surface area contributed by atoms with Gasteiger partial charge in [0.1, 0.15) is 5.75 Å². The maximum absolute atomic E-state index is 12.3. The lowest BCUT2D eigenvalue weighted by molar-refractivity contribution is 0.270. The second kappa shape index (κ2) is 9.13. The molecule has 162 valence electrons. The highest BCUT2D eigenvalue weighted by Gasteiger charge is 2.19. The summed E-state index contributed by atoms with van der Waals surface area (Å²) in [5, 5.41) is 3.12. The summed E-state index contributed by atoms with van der Waals surface area (Å²) >= 11 is 0. The molecule has 0 spiro atoms. The van der Waals surface area contributed by atoms with Gasteiger partial charge in [0.2, 0.25) is 11.9 Å². The normalized spacial score (nSPS) is 14.5. The van der Waals surface area contributed by atoms with Crippen LogP contribution in [0.4, 0.5) is 17.6 Å². The number of aromatic amines is 1. The summed E-state index contributed by atoms with van der Waals surface area (Å²) in [6.07, 6.45) is 1.75. The van der Waals surface area contributed by atoms with Crippen LogP contribution in [-0.2, 0) is 0 Å². The summed E-state index contributed by atoms with van der Waals surface area (Å²) in [4.78, 5) is 33.5. The Kier molecular flexibility index (Phi) is 6.13. The zero-order chi connectivity index (χ0) is 21.8. The van der Waals surface area contributed by atoms with Crippen molar-refractivity contribution in [2.75, 3.05) is 50.1 Å². The molecule has 31 heavy (non-hydrogen) atoms. The fourth-order valence-corrected chi connectivity index (χ4v) is 3.65. The first-order chi connectivity index (χ1) is 15.1. The van der Waals surface area contributed by atoms with Crippen molar-refractivity contribution in [2.24, 2.45) is 0 Å². The highest BCUT2D eigenvalue weighted by atomic mass is 16.5. The number of rotatable bonds is 6. The molecular formula is C22H27N7O2. The Balaban J connectivity index is 1.59. The molecule has 0 atom stereocenters. The quantitative estimate of drug-likeness (QED) is 0.626. The van der Waals surface area contributed by atoms with Gasteiger partial charge in [-0.2, -0.15) is 0 Å². The first kappa shape index (κ1) is 20.8. The number of piperazine rings is 1. The third-order valence-electron chi connectivity index (χ3n) is 5.45. The van der Waals surface area contributed by atoms with E-state index in [0.717, 1.165) is 44.0 Å². The molecule has 0 saturated carbocycles. The molecule has 2 aromatic heterocycles. The lowest BCUT2D eigenvalue weighted by Crippen LogP contribution is -2.46. The maximum atomic E-state index is 12.3. The second-order valence-electron chi connectivity index (χ2n) is 7.39. The molecule has 9 nitrogen and oxygen atoms in total. The van der Waals surface area contributed by atoms with Gasteiger partial charge < -0.3 is 19.9 Å². The number of hydrogen-bond donors (Lipinski definition) is 2. The number of para-hydroxylation sites is 2. The Morgan fingerprint density at radius 3 is 2.65 bits per heavy atom. The Bertz CT molecular complexity index is 1110. The van der Waals surface area contributed by atoms with E-state index in [4.69, 9.17) is 9.72 Å². The minimum Gasteiger partial charge on any atom is -0.495 e. The SMILES string of the molecule is CCN1CCN(c2ncc(-c3cc(=O)[nH]c(Nc4ccccc4OC)n3)c(C)n2)CC1. The fourth-order valence-electron chi connectivity index (χ4n) is 3.65. The fraction of sp³-hybridized carbons (Fsp3) is 0.364. The standard InChI is InChI=1S/C22H27N7O2/c1-4-28-9-11-29(12-10-28)22-23-14-16(15(2)24-22)18-13-20(30)27-21(26-18)25-17-7-5-6-8-19(17)31-3/h5-8,13-14H,4,9-12H2,1-3H3,(H2,25,26,27,30). The Morgan fingerprint density at radius 1 is 1.16 bits per heavy atom. The van der Waals surface area contributed by atoms with Crippen molar-refractivity contribution in [1.29, 1.82) is 0 Å². The summed E-state index contributed by atoms with van der Waals surface area (Å²) in [6, 6.07) is 8.90. The first-order valence-electron chi connectivity index (χ1n) is 10.4. The van der Waals surface area contributed by atoms with Crippen LogP contribution in [0.5, 0.6) is 5.75 Å². The van der Waals surface area contributed by atoms with Crippen molar-refractivity contribution < 1.29 is 4.74 Å². The number of methoxy groups -OCH3 is 1. The Morgan fingerprint density at radius 2 is 1.94 bits per heavy atom. The lowest BCUT2D eigenvalue weighted by Gasteiger charge is -2.34. The number of hydrogen-bond acceptors (Lipinski definition) is 8. The number of nitrogens with zero attached hydrogens (tertiary/aromatic N) is 5. The molecule has 2 N–H and O–H groups in total. The molecule has 3 heterocycles. The van der Waals surface area contributed by atoms with Gasteiger partial charge in [-0.1, -0.05) is 19.1 Å². The predicted octanol–water partition coefficient (Wildman–Crippen LogP) is 2.43. The van der Waals surface area contributed by atoms with E-state index >= 15 is 0 Å². The first-order valence-corrected chi connectivity index (χ1v) is 10.4. The van der Waals surface area contributed by atoms with Crippen LogP contribution in [0.15, 0.2) is 41.3 Å². The Hall–Kier alpha value is -3.46. The third kappa shape index (κ3) is 4.66. The van der Waals surface area contributed by atoms with Gasteiger partial charge in [0.05, 0.1) is 24.2 Å². The monoisotopic (exact) mass is 421 g/mol. The molecule has 1 fully saturated rings. The summed E-state index contributed by atoms with van der Waals surface area (Å²) in [7, 11) is 1.59. The number of likely N-dealkylation sites (N-methyl/N-ethyl adjacent to an activating group) is 1. The summed E-state index contributed by atoms with van der Waals surface area (Å²) in [6.45, 7) is 8.98. The molecule has 9 heteroatoms. The van der Waals surface area contributed by atoms with Crippen molar-refractivity contribution >= 4 is 17.6 Å². The van der Waals surface area contributed by atoms with Gasteiger partial charge in [-0.15, -0.1) is 0 Å². The van der Waals surface area contributed by atoms with Gasteiger partial charge in [0.25, 0.3) is 5.56 Å². The smallest absolute Gasteiger partial charge is 0.252 e. The summed E-state index contributed by atoms with van der Waals surface area (Å²) in [5.41, 5.74) is 2.47. The van der Waals surface area contributed by atoms with E-state index in [-0.39, 0.29) is 5.56 Å². The van der Waals surface area contributed by atoms with Crippen LogP contribution in [0, 0.1) is 6.92 Å². The maximum Gasteiger partial charge on any atom is 0.252 e. The topological polar surface area (TPSA) is 99.3 Å². The summed E-state index contributed by atoms with van der Waals surface area (Å²) < 4.78 is 5.36. The highest BCUT2D eigenvalue weighted by molar-refractivity contribution is 5.66. The van der Waals surface area contributed by atoms with Crippen LogP contribution in [0.25, 0.3) is 11.3 Å². The number of aromatic nitrogens is 4. The molecule has 0 aliphatic carbocycles. The molecule has 1 saturated heterocycles. The molecule has 1 aromatic carbocycles. The van der Waals surface area contributed by atoms with Crippen LogP contribution in [-0.4, -0.2) is 64.7 Å². The molecule has 0 radical (unpaired) electrons. The van der Waals surface area contributed by atoms with E-state index in [9.17, 15) is 4.79 Å². The van der Waals surface area contributed by atoms with Gasteiger partial charge in [-0.3, -0.25) is 9.78 Å². The molecule has 4 rings (SSSR count). The van der Waals surface area contributed by atoms with Gasteiger partial charge in [-0.05, 0) is 25.6 Å². The van der Waals surface area contributed by atoms with Crippen molar-refractivity contribution in [3.8, 4) is 17.0 Å². The molecular weight excluding hydrogens is 394 g/mol. The van der Waals surface area contributed by atoms with Crippen LogP contribution in [0.1, 0.15) is 12.6 Å². The number of benzene rings is 1. The number of aryl methyl sites for hydroxylation is 1. The van der Waals surface area contributed by atoms with Gasteiger partial charge in [-0.25, -0.2) is 15.0 Å². The number of H-pyrrole nitrogens is 1. The minimum absolute atomic E-state index is 0.262. The molecule has 0 unspecified atom stereocenters. The van der Waals surface area contributed by atoms with Crippen molar-refractivity contribution in [2.45, 2.75) is 13.8 Å². The molecule has 1 aliphatic heterocycles. The largest absolute Gasteiger partial charge is 0.495 e. The average molecular weight is 422 g/mol. The van der Waals surface area contributed by atoms with E-state index in [1.807, 2.05) is 31.2 Å². The van der Waals surface area contributed by atoms with Gasteiger partial charge in [0, 0.05) is 44.0 Å². The van der Waals surface area contributed by atoms with Crippen molar-refractivity contribution in [3.05, 3.63) is 52.6 Å². The third-order valence-corrected chi connectivity index (χ3v) is 5.45. The van der Waals surface area contributed by atoms with E-state index in [0.29, 0.717) is 29.0 Å². The predicted molar refractivity (Wildman–Crippen MR) is 121 cm³/mol. The van der Waals surface area contributed by atoms with E-state index in [2.05, 4.69) is 37.0 Å². The average Bonchev–Trinajstić information content (AvgIpc) is 2.79. The molecule has 0 amide bonds. The van der Waals surface area contributed by atoms with Gasteiger partial charge >= 0.3 is 0 Å². The molecule has 1 aliphatic rings. The van der Waals surface area contributed by atoms with Gasteiger partial charge in [0.15, 0.2) is 0 Å². The molecule has 3 aromatic rings.